The third-order valence-electron chi connectivity index (χ3n) is 3.37. The molecule has 1 heterocycles. The van der Waals surface area contributed by atoms with Crippen molar-refractivity contribution in [3.8, 4) is 0 Å². The third kappa shape index (κ3) is 5.83. The Labute approximate surface area is 163 Å². The van der Waals surface area contributed by atoms with Crippen LogP contribution >= 0.6 is 35.6 Å². The Morgan fingerprint density at radius 2 is 2.04 bits per heavy atom. The first-order valence-electron chi connectivity index (χ1n) is 7.98. The summed E-state index contributed by atoms with van der Waals surface area (Å²) in [5, 5.41) is 3.50. The van der Waals surface area contributed by atoms with Gasteiger partial charge in [-0.3, -0.25) is 14.5 Å². The van der Waals surface area contributed by atoms with Crippen LogP contribution in [0.5, 0.6) is 0 Å². The van der Waals surface area contributed by atoms with Gasteiger partial charge in [0.2, 0.25) is 5.91 Å². The van der Waals surface area contributed by atoms with Gasteiger partial charge in [-0.25, -0.2) is 0 Å². The Bertz CT molecular complexity index is 726. The summed E-state index contributed by atoms with van der Waals surface area (Å²) in [4.78, 5) is 26.5. The van der Waals surface area contributed by atoms with Gasteiger partial charge in [0.1, 0.15) is 4.32 Å². The molecule has 2 rings (SSSR count). The molecule has 1 aromatic carbocycles. The Morgan fingerprint density at radius 3 is 2.68 bits per heavy atom. The minimum absolute atomic E-state index is 0.0236. The van der Waals surface area contributed by atoms with E-state index < -0.39 is 0 Å². The lowest BCUT2D eigenvalue weighted by Gasteiger charge is -2.21. The second-order valence-electron chi connectivity index (χ2n) is 6.76. The summed E-state index contributed by atoms with van der Waals surface area (Å²) >= 11 is 12.7. The summed E-state index contributed by atoms with van der Waals surface area (Å²) in [6, 6.07) is 7.34. The summed E-state index contributed by atoms with van der Waals surface area (Å²) in [6.07, 6.45) is 2.68. The van der Waals surface area contributed by atoms with E-state index in [0.29, 0.717) is 33.6 Å². The van der Waals surface area contributed by atoms with Gasteiger partial charge in [0, 0.05) is 23.5 Å². The van der Waals surface area contributed by atoms with Gasteiger partial charge in [-0.2, -0.15) is 0 Å². The Morgan fingerprint density at radius 1 is 1.36 bits per heavy atom. The molecule has 0 unspecified atom stereocenters. The molecule has 0 aliphatic carbocycles. The summed E-state index contributed by atoms with van der Waals surface area (Å²) in [6.45, 7) is 6.24. The Hall–Kier alpha value is -1.37. The fraction of sp³-hybridized carbons (Fsp3) is 0.389. The predicted octanol–water partition coefficient (Wildman–Crippen LogP) is 4.24. The van der Waals surface area contributed by atoms with Gasteiger partial charge < -0.3 is 5.32 Å². The lowest BCUT2D eigenvalue weighted by molar-refractivity contribution is -0.124. The number of thiocarbonyl (C=S) groups is 1. The van der Waals surface area contributed by atoms with Gasteiger partial charge in [0.05, 0.1) is 4.91 Å². The van der Waals surface area contributed by atoms with Crippen molar-refractivity contribution in [1.82, 2.24) is 10.2 Å². The van der Waals surface area contributed by atoms with Crippen molar-refractivity contribution < 1.29 is 9.59 Å². The zero-order valence-electron chi connectivity index (χ0n) is 14.5. The smallest absolute Gasteiger partial charge is 0.266 e. The van der Waals surface area contributed by atoms with Gasteiger partial charge in [-0.05, 0) is 44.9 Å². The maximum absolute atomic E-state index is 12.5. The lowest BCUT2D eigenvalue weighted by Crippen LogP contribution is -2.40. The van der Waals surface area contributed by atoms with E-state index in [1.807, 2.05) is 39.0 Å². The van der Waals surface area contributed by atoms with Crippen LogP contribution in [0, 0.1) is 0 Å². The average molecular weight is 397 g/mol. The van der Waals surface area contributed by atoms with E-state index in [4.69, 9.17) is 23.8 Å². The van der Waals surface area contributed by atoms with E-state index in [9.17, 15) is 9.59 Å². The first kappa shape index (κ1) is 19.9. The number of thioether (sulfide) groups is 1. The van der Waals surface area contributed by atoms with E-state index in [1.54, 1.807) is 17.0 Å². The fourth-order valence-corrected chi connectivity index (χ4v) is 3.79. The zero-order chi connectivity index (χ0) is 18.6. The van der Waals surface area contributed by atoms with Crippen molar-refractivity contribution in [2.75, 3.05) is 6.54 Å². The zero-order valence-corrected chi connectivity index (χ0v) is 16.9. The highest BCUT2D eigenvalue weighted by atomic mass is 35.5. The van der Waals surface area contributed by atoms with E-state index in [0.717, 1.165) is 5.56 Å². The van der Waals surface area contributed by atoms with Crippen molar-refractivity contribution in [2.45, 2.75) is 39.2 Å². The maximum atomic E-state index is 12.5. The molecule has 25 heavy (non-hydrogen) atoms. The largest absolute Gasteiger partial charge is 0.352 e. The van der Waals surface area contributed by atoms with E-state index in [2.05, 4.69) is 5.32 Å². The number of hydrogen-bond donors (Lipinski definition) is 1. The quantitative estimate of drug-likeness (QED) is 0.597. The van der Waals surface area contributed by atoms with Crippen molar-refractivity contribution in [1.29, 1.82) is 0 Å². The number of halogens is 1. The topological polar surface area (TPSA) is 49.4 Å². The van der Waals surface area contributed by atoms with Crippen LogP contribution in [-0.4, -0.2) is 33.1 Å². The normalized spacial score (nSPS) is 16.6. The van der Waals surface area contributed by atoms with Crippen LogP contribution in [0.15, 0.2) is 29.2 Å². The standard InChI is InChI=1S/C18H21ClN2O2S2/c1-18(2,3)20-15(22)9-6-10-21-16(23)14(25-17(21)24)11-12-7-4-5-8-13(12)19/h4-5,7-8,11H,6,9-10H2,1-3H3,(H,20,22)/b14-11+. The number of carbonyl (C=O) groups excluding carboxylic acids is 2. The highest BCUT2D eigenvalue weighted by Crippen LogP contribution is 2.33. The molecule has 0 radical (unpaired) electrons. The molecule has 0 bridgehead atoms. The summed E-state index contributed by atoms with van der Waals surface area (Å²) in [5.41, 5.74) is 0.533. The monoisotopic (exact) mass is 396 g/mol. The van der Waals surface area contributed by atoms with Crippen LogP contribution in [0.4, 0.5) is 0 Å². The third-order valence-corrected chi connectivity index (χ3v) is 5.09. The fourth-order valence-electron chi connectivity index (χ4n) is 2.30. The van der Waals surface area contributed by atoms with Crippen LogP contribution in [0.25, 0.3) is 6.08 Å². The summed E-state index contributed by atoms with van der Waals surface area (Å²) in [5.74, 6) is -0.157. The second kappa shape index (κ2) is 8.34. The van der Waals surface area contributed by atoms with Gasteiger partial charge in [0.15, 0.2) is 0 Å². The molecular formula is C18H21ClN2O2S2. The van der Waals surface area contributed by atoms with Gasteiger partial charge in [-0.15, -0.1) is 0 Å². The Balaban J connectivity index is 1.95. The molecule has 4 nitrogen and oxygen atoms in total. The summed E-state index contributed by atoms with van der Waals surface area (Å²) in [7, 11) is 0. The van der Waals surface area contributed by atoms with Crippen LogP contribution in [0.1, 0.15) is 39.2 Å². The molecule has 0 aromatic heterocycles. The molecule has 0 saturated carbocycles. The first-order valence-corrected chi connectivity index (χ1v) is 9.58. The molecule has 1 aliphatic heterocycles. The Kier molecular flexibility index (Phi) is 6.65. The van der Waals surface area contributed by atoms with Crippen LogP contribution in [0.3, 0.4) is 0 Å². The molecule has 1 saturated heterocycles. The number of hydrogen-bond acceptors (Lipinski definition) is 4. The number of benzene rings is 1. The minimum Gasteiger partial charge on any atom is -0.352 e. The molecule has 1 fully saturated rings. The van der Waals surface area contributed by atoms with Crippen LogP contribution in [-0.2, 0) is 9.59 Å². The summed E-state index contributed by atoms with van der Waals surface area (Å²) < 4.78 is 0.513. The molecular weight excluding hydrogens is 376 g/mol. The minimum atomic E-state index is -0.253. The van der Waals surface area contributed by atoms with Crippen molar-refractivity contribution in [2.24, 2.45) is 0 Å². The number of rotatable bonds is 5. The highest BCUT2D eigenvalue weighted by molar-refractivity contribution is 8.26. The average Bonchev–Trinajstić information content (AvgIpc) is 2.75. The molecule has 134 valence electrons. The lowest BCUT2D eigenvalue weighted by atomic mass is 10.1. The van der Waals surface area contributed by atoms with Crippen molar-refractivity contribution >= 4 is 57.8 Å². The predicted molar refractivity (Wildman–Crippen MR) is 108 cm³/mol. The highest BCUT2D eigenvalue weighted by Gasteiger charge is 2.31. The van der Waals surface area contributed by atoms with Crippen molar-refractivity contribution in [3.05, 3.63) is 39.8 Å². The van der Waals surface area contributed by atoms with Gasteiger partial charge >= 0.3 is 0 Å². The SMILES string of the molecule is CC(C)(C)NC(=O)CCCN1C(=O)/C(=C\c2ccccc2Cl)SC1=S. The van der Waals surface area contributed by atoms with Crippen LogP contribution < -0.4 is 5.32 Å². The number of nitrogens with one attached hydrogen (secondary N) is 1. The number of amides is 2. The molecule has 1 aromatic rings. The second-order valence-corrected chi connectivity index (χ2v) is 8.84. The molecule has 0 atom stereocenters. The first-order chi connectivity index (χ1) is 11.7. The molecule has 2 amide bonds. The molecule has 0 spiro atoms. The number of nitrogens with zero attached hydrogens (tertiary/aromatic N) is 1. The molecule has 1 aliphatic rings. The van der Waals surface area contributed by atoms with Crippen LogP contribution in [0.2, 0.25) is 5.02 Å². The van der Waals surface area contributed by atoms with Gasteiger partial charge in [0.25, 0.3) is 5.91 Å². The van der Waals surface area contributed by atoms with E-state index >= 15 is 0 Å². The number of carbonyl (C=O) groups is 2. The maximum Gasteiger partial charge on any atom is 0.266 e. The molecule has 1 N–H and O–H groups in total. The van der Waals surface area contributed by atoms with Crippen molar-refractivity contribution in [3.63, 3.8) is 0 Å². The van der Waals surface area contributed by atoms with Gasteiger partial charge in [-0.1, -0.05) is 53.8 Å². The van der Waals surface area contributed by atoms with E-state index in [1.165, 1.54) is 11.8 Å². The van der Waals surface area contributed by atoms with E-state index in [-0.39, 0.29) is 17.4 Å². The molecule has 7 heteroatoms.